The minimum atomic E-state index is -0.0284. The summed E-state index contributed by atoms with van der Waals surface area (Å²) in [5.41, 5.74) is 2.29. The number of hydrogen-bond acceptors (Lipinski definition) is 4. The molecule has 4 unspecified atom stereocenters. The van der Waals surface area contributed by atoms with Gasteiger partial charge in [0, 0.05) is 18.6 Å². The molecule has 8 fully saturated rings. The summed E-state index contributed by atoms with van der Waals surface area (Å²) < 4.78 is 8.73. The molecule has 10 atom stereocenters. The van der Waals surface area contributed by atoms with Gasteiger partial charge in [-0.1, -0.05) is 46.8 Å². The second kappa shape index (κ2) is 14.0. The van der Waals surface area contributed by atoms with Crippen molar-refractivity contribution in [1.29, 1.82) is 0 Å². The quantitative estimate of drug-likeness (QED) is 0.161. The SMILES string of the molecule is C=C(C)[C@@H]1CC[C@]2(CO)CC[C@]3(C)C(CCC4[C@@]5(C)CC[C@H](OC(=O)C[N+]67CC[N+](CCCCO)(CC6)CC7)C(C)(C)C5CC[C@]43C)C12.[Cl-].[Cl-]. The largest absolute Gasteiger partial charge is 1.00 e. The maximum absolute atomic E-state index is 13.8. The number of unbranched alkanes of at least 4 members (excludes halogenated alkanes) is 1. The van der Waals surface area contributed by atoms with Crippen LogP contribution in [0.15, 0.2) is 12.2 Å². The Hall–Kier alpha value is -0.370. The molecule has 288 valence electrons. The number of halogens is 2. The molecule has 8 rings (SSSR count). The smallest absolute Gasteiger partial charge is 0.362 e. The number of allylic oxidation sites excluding steroid dienone is 1. The molecule has 8 aliphatic rings. The summed E-state index contributed by atoms with van der Waals surface area (Å²) in [6.07, 6.45) is 14.2. The molecule has 3 heterocycles. The zero-order chi connectivity index (χ0) is 34.4. The van der Waals surface area contributed by atoms with Crippen molar-refractivity contribution >= 4 is 5.97 Å². The summed E-state index contributed by atoms with van der Waals surface area (Å²) in [6.45, 7) is 28.9. The maximum Gasteiger partial charge on any atom is 0.362 e. The zero-order valence-corrected chi connectivity index (χ0v) is 34.1. The van der Waals surface area contributed by atoms with Crippen LogP contribution in [0, 0.1) is 56.7 Å². The summed E-state index contributed by atoms with van der Waals surface area (Å²) in [5, 5.41) is 20.1. The highest BCUT2D eigenvalue weighted by Gasteiger charge is 2.71. The molecular formula is C42H72Cl2N2O4. The van der Waals surface area contributed by atoms with Gasteiger partial charge in [-0.15, -0.1) is 0 Å². The van der Waals surface area contributed by atoms with E-state index in [1.165, 1.54) is 94.0 Å². The first-order valence-electron chi connectivity index (χ1n) is 20.4. The van der Waals surface area contributed by atoms with Gasteiger partial charge in [0.2, 0.25) is 0 Å². The number of rotatable bonds is 9. The van der Waals surface area contributed by atoms with Crippen LogP contribution in [-0.2, 0) is 9.53 Å². The number of aliphatic hydroxyl groups is 2. The summed E-state index contributed by atoms with van der Waals surface area (Å²) in [7, 11) is 0. The molecule has 0 spiro atoms. The van der Waals surface area contributed by atoms with Gasteiger partial charge in [0.05, 0.1) is 6.54 Å². The molecule has 5 aliphatic carbocycles. The molecule has 8 heteroatoms. The fourth-order valence-corrected chi connectivity index (χ4v) is 15.3. The van der Waals surface area contributed by atoms with Crippen molar-refractivity contribution < 1.29 is 53.5 Å². The van der Waals surface area contributed by atoms with Gasteiger partial charge in [0.25, 0.3) is 0 Å². The number of hydrogen-bond donors (Lipinski definition) is 2. The van der Waals surface area contributed by atoms with Gasteiger partial charge in [-0.05, 0) is 135 Å². The van der Waals surface area contributed by atoms with E-state index >= 15 is 0 Å². The summed E-state index contributed by atoms with van der Waals surface area (Å²) in [6, 6.07) is 0. The van der Waals surface area contributed by atoms with Crippen molar-refractivity contribution in [1.82, 2.24) is 0 Å². The van der Waals surface area contributed by atoms with Crippen molar-refractivity contribution in [2.45, 2.75) is 125 Å². The Kier molecular flexibility index (Phi) is 11.5. The monoisotopic (exact) mass is 738 g/mol. The first-order chi connectivity index (χ1) is 22.6. The van der Waals surface area contributed by atoms with E-state index in [9.17, 15) is 15.0 Å². The van der Waals surface area contributed by atoms with Crippen LogP contribution in [0.2, 0.25) is 0 Å². The van der Waals surface area contributed by atoms with Crippen molar-refractivity contribution in [3.05, 3.63) is 12.2 Å². The van der Waals surface area contributed by atoms with E-state index < -0.39 is 0 Å². The van der Waals surface area contributed by atoms with Crippen LogP contribution >= 0.6 is 0 Å². The van der Waals surface area contributed by atoms with E-state index in [2.05, 4.69) is 48.1 Å². The lowest BCUT2D eigenvalue weighted by atomic mass is 9.32. The van der Waals surface area contributed by atoms with Crippen LogP contribution < -0.4 is 24.8 Å². The van der Waals surface area contributed by atoms with Crippen molar-refractivity contribution in [2.75, 3.05) is 65.6 Å². The molecule has 3 aliphatic heterocycles. The van der Waals surface area contributed by atoms with Gasteiger partial charge < -0.3 is 48.7 Å². The predicted octanol–water partition coefficient (Wildman–Crippen LogP) is 0.989. The summed E-state index contributed by atoms with van der Waals surface area (Å²) in [5.74, 6) is 3.14. The van der Waals surface area contributed by atoms with Gasteiger partial charge in [-0.2, -0.15) is 0 Å². The number of piperazine rings is 3. The summed E-state index contributed by atoms with van der Waals surface area (Å²) in [4.78, 5) is 13.8. The highest BCUT2D eigenvalue weighted by atomic mass is 35.5. The number of carbonyl (C=O) groups excluding carboxylic acids is 1. The zero-order valence-electron chi connectivity index (χ0n) is 32.6. The lowest BCUT2D eigenvalue weighted by Gasteiger charge is -2.73. The van der Waals surface area contributed by atoms with Crippen LogP contribution in [0.1, 0.15) is 119 Å². The average Bonchev–Trinajstić information content (AvgIpc) is 3.44. The third-order valence-corrected chi connectivity index (χ3v) is 18.4. The molecule has 3 saturated heterocycles. The first kappa shape index (κ1) is 40.8. The maximum atomic E-state index is 13.8. The van der Waals surface area contributed by atoms with Crippen molar-refractivity contribution in [3.8, 4) is 0 Å². The number of quaternary nitrogens is 2. The lowest BCUT2D eigenvalue weighted by Crippen LogP contribution is -3.00. The normalized spacial score (nSPS) is 48.5. The fraction of sp³-hybridized carbons (Fsp3) is 0.929. The van der Waals surface area contributed by atoms with E-state index in [1.807, 2.05) is 0 Å². The number of nitrogens with zero attached hydrogens (tertiary/aromatic N) is 2. The van der Waals surface area contributed by atoms with Gasteiger partial charge in [-0.3, -0.25) is 0 Å². The Labute approximate surface area is 317 Å². The van der Waals surface area contributed by atoms with E-state index in [0.29, 0.717) is 60.2 Å². The third-order valence-electron chi connectivity index (χ3n) is 18.4. The van der Waals surface area contributed by atoms with Crippen molar-refractivity contribution in [2.24, 2.45) is 56.7 Å². The molecule has 0 aromatic heterocycles. The second-order valence-corrected chi connectivity index (χ2v) is 20.4. The molecule has 2 bridgehead atoms. The Balaban J connectivity index is 0.00000243. The van der Waals surface area contributed by atoms with Gasteiger partial charge in [-0.25, -0.2) is 4.79 Å². The molecule has 0 radical (unpaired) electrons. The lowest BCUT2D eigenvalue weighted by molar-refractivity contribution is -1.08. The second-order valence-electron chi connectivity index (χ2n) is 20.4. The minimum absolute atomic E-state index is 0. The molecule has 0 amide bonds. The van der Waals surface area contributed by atoms with Gasteiger partial charge in [0.15, 0.2) is 6.54 Å². The number of esters is 1. The Bertz CT molecular complexity index is 1250. The molecule has 2 N–H and O–H groups in total. The molecular weight excluding hydrogens is 667 g/mol. The first-order valence-corrected chi connectivity index (χ1v) is 20.4. The molecule has 5 saturated carbocycles. The third kappa shape index (κ3) is 5.98. The summed E-state index contributed by atoms with van der Waals surface area (Å²) >= 11 is 0. The van der Waals surface area contributed by atoms with Crippen molar-refractivity contribution in [3.63, 3.8) is 0 Å². The van der Waals surface area contributed by atoms with Crippen LogP contribution in [-0.4, -0.2) is 96.8 Å². The Morgan fingerprint density at radius 3 is 2.04 bits per heavy atom. The average molecular weight is 740 g/mol. The Morgan fingerprint density at radius 2 is 1.42 bits per heavy atom. The van der Waals surface area contributed by atoms with E-state index in [-0.39, 0.29) is 53.1 Å². The topological polar surface area (TPSA) is 66.8 Å². The van der Waals surface area contributed by atoms with E-state index in [1.54, 1.807) is 0 Å². The van der Waals surface area contributed by atoms with E-state index in [0.717, 1.165) is 43.4 Å². The van der Waals surface area contributed by atoms with Gasteiger partial charge >= 0.3 is 5.97 Å². The highest BCUT2D eigenvalue weighted by molar-refractivity contribution is 5.71. The minimum Gasteiger partial charge on any atom is -1.00 e. The molecule has 6 nitrogen and oxygen atoms in total. The van der Waals surface area contributed by atoms with Gasteiger partial charge in [0.1, 0.15) is 45.4 Å². The molecule has 0 aromatic carbocycles. The Morgan fingerprint density at radius 1 is 0.760 bits per heavy atom. The molecule has 0 aromatic rings. The molecule has 50 heavy (non-hydrogen) atoms. The fourth-order valence-electron chi connectivity index (χ4n) is 15.3. The standard InChI is InChI=1S/C42H72N2O4.2ClH/c1-30(2)31-12-17-42(29-46)19-18-40(6)32(37(31)42)10-11-34-39(5)15-14-35(38(3,4)33(39)13-16-41(34,40)7)48-36(47)28-44-24-21-43(22-25-44,23-26-44)20-8-9-27-45;;/h31-35,37,45-46H,1,8-29H2,2-7H3;2*1H/q+2;;/p-2/t31-,32?,33?,34?,35-,37?,39-,40+,41+,42+,43?,44?;;/m0../s1. The number of fused-ring (bicyclic) bond motifs is 10. The van der Waals surface area contributed by atoms with Crippen LogP contribution in [0.5, 0.6) is 0 Å². The number of carbonyl (C=O) groups is 1. The van der Waals surface area contributed by atoms with Crippen LogP contribution in [0.25, 0.3) is 0 Å². The van der Waals surface area contributed by atoms with Crippen LogP contribution in [0.3, 0.4) is 0 Å². The number of ether oxygens (including phenoxy) is 1. The number of aliphatic hydroxyl groups excluding tert-OH is 2. The predicted molar refractivity (Wildman–Crippen MR) is 192 cm³/mol. The highest BCUT2D eigenvalue weighted by Crippen LogP contribution is 2.77. The van der Waals surface area contributed by atoms with E-state index in [4.69, 9.17) is 4.74 Å². The van der Waals surface area contributed by atoms with Crippen LogP contribution in [0.4, 0.5) is 0 Å².